The van der Waals surface area contributed by atoms with Gasteiger partial charge in [0.25, 0.3) is 0 Å². The van der Waals surface area contributed by atoms with Gasteiger partial charge in [-0.1, -0.05) is 37.0 Å². The maximum absolute atomic E-state index is 12.1. The first-order valence-corrected chi connectivity index (χ1v) is 8.36. The van der Waals surface area contributed by atoms with Gasteiger partial charge in [-0.3, -0.25) is 4.79 Å². The minimum atomic E-state index is -0.248. The maximum Gasteiger partial charge on any atom is 0.249 e. The molecule has 0 bridgehead atoms. The number of rotatable bonds is 6. The van der Waals surface area contributed by atoms with Crippen molar-refractivity contribution in [2.75, 3.05) is 0 Å². The van der Waals surface area contributed by atoms with E-state index in [1.54, 1.807) is 12.1 Å². The first-order valence-electron chi connectivity index (χ1n) is 7.98. The van der Waals surface area contributed by atoms with Gasteiger partial charge in [0.15, 0.2) is 0 Å². The van der Waals surface area contributed by atoms with Gasteiger partial charge in [0.05, 0.1) is 0 Å². The van der Waals surface area contributed by atoms with Crippen LogP contribution < -0.4 is 5.32 Å². The Kier molecular flexibility index (Phi) is 4.66. The van der Waals surface area contributed by atoms with E-state index in [2.05, 4.69) is 29.3 Å². The van der Waals surface area contributed by atoms with Crippen LogP contribution >= 0.6 is 11.6 Å². The van der Waals surface area contributed by atoms with Crippen molar-refractivity contribution >= 4 is 17.5 Å². The van der Waals surface area contributed by atoms with Crippen LogP contribution in [0.2, 0.25) is 5.02 Å². The number of amides is 1. The molecule has 1 aliphatic carbocycles. The van der Waals surface area contributed by atoms with Gasteiger partial charge in [-0.05, 0) is 43.0 Å². The first kappa shape index (κ1) is 16.0. The lowest BCUT2D eigenvalue weighted by Crippen LogP contribution is -2.33. The zero-order chi connectivity index (χ0) is 16.4. The zero-order valence-electron chi connectivity index (χ0n) is 13.3. The van der Waals surface area contributed by atoms with Gasteiger partial charge in [-0.2, -0.15) is 4.98 Å². The molecule has 122 valence electrons. The van der Waals surface area contributed by atoms with Crippen LogP contribution in [0.1, 0.15) is 45.0 Å². The van der Waals surface area contributed by atoms with Crippen molar-refractivity contribution in [2.45, 2.75) is 39.2 Å². The number of halogens is 1. The molecule has 0 spiro atoms. The minimum Gasteiger partial charge on any atom is -0.344 e. The van der Waals surface area contributed by atoms with E-state index in [1.165, 1.54) is 0 Å². The molecule has 0 unspecified atom stereocenters. The second-order valence-corrected chi connectivity index (χ2v) is 6.55. The second-order valence-electron chi connectivity index (χ2n) is 6.11. The molecule has 1 aliphatic rings. The number of hydrogen-bond acceptors (Lipinski definition) is 4. The number of aromatic nitrogens is 2. The van der Waals surface area contributed by atoms with Gasteiger partial charge < -0.3 is 9.84 Å². The largest absolute Gasteiger partial charge is 0.344 e. The molecule has 23 heavy (non-hydrogen) atoms. The average Bonchev–Trinajstić information content (AvgIpc) is 3.30. The third-order valence-corrected chi connectivity index (χ3v) is 4.52. The molecule has 1 fully saturated rings. The molecule has 2 atom stereocenters. The van der Waals surface area contributed by atoms with E-state index in [0.29, 0.717) is 16.7 Å². The van der Waals surface area contributed by atoms with Gasteiger partial charge in [0.2, 0.25) is 17.6 Å². The predicted octanol–water partition coefficient (Wildman–Crippen LogP) is 4.00. The van der Waals surface area contributed by atoms with Crippen molar-refractivity contribution in [3.63, 3.8) is 0 Å². The van der Waals surface area contributed by atoms with Gasteiger partial charge >= 0.3 is 0 Å². The lowest BCUT2D eigenvalue weighted by atomic mass is 9.99. The Morgan fingerprint density at radius 3 is 2.70 bits per heavy atom. The smallest absolute Gasteiger partial charge is 0.249 e. The summed E-state index contributed by atoms with van der Waals surface area (Å²) in [5.74, 6) is 1.42. The van der Waals surface area contributed by atoms with Crippen molar-refractivity contribution < 1.29 is 9.32 Å². The number of benzene rings is 1. The Morgan fingerprint density at radius 2 is 2.09 bits per heavy atom. The summed E-state index contributed by atoms with van der Waals surface area (Å²) in [4.78, 5) is 16.6. The monoisotopic (exact) mass is 333 g/mol. The molecule has 0 aliphatic heterocycles. The molecule has 1 aromatic carbocycles. The summed E-state index contributed by atoms with van der Waals surface area (Å²) in [7, 11) is 0. The highest BCUT2D eigenvalue weighted by atomic mass is 35.5. The molecular weight excluding hydrogens is 314 g/mol. The van der Waals surface area contributed by atoms with Crippen LogP contribution in [0.3, 0.4) is 0 Å². The SMILES string of the molecule is CC[C@@H](C)[C@H](NC(=O)C1CC1)c1nc(-c2ccc(Cl)cc2)no1. The maximum atomic E-state index is 12.1. The normalized spacial score (nSPS) is 16.8. The summed E-state index contributed by atoms with van der Waals surface area (Å²) in [5.41, 5.74) is 0.834. The summed E-state index contributed by atoms with van der Waals surface area (Å²) < 4.78 is 5.43. The predicted molar refractivity (Wildman–Crippen MR) is 87.8 cm³/mol. The molecule has 0 radical (unpaired) electrons. The van der Waals surface area contributed by atoms with E-state index in [0.717, 1.165) is 24.8 Å². The van der Waals surface area contributed by atoms with E-state index >= 15 is 0 Å². The van der Waals surface area contributed by atoms with Crippen LogP contribution in [-0.4, -0.2) is 16.0 Å². The van der Waals surface area contributed by atoms with Crippen molar-refractivity contribution in [1.29, 1.82) is 0 Å². The van der Waals surface area contributed by atoms with Crippen molar-refractivity contribution in [3.05, 3.63) is 35.2 Å². The van der Waals surface area contributed by atoms with Crippen LogP contribution in [0.5, 0.6) is 0 Å². The molecule has 5 nitrogen and oxygen atoms in total. The van der Waals surface area contributed by atoms with Gasteiger partial charge in [-0.25, -0.2) is 0 Å². The zero-order valence-corrected chi connectivity index (χ0v) is 14.0. The molecule has 1 N–H and O–H groups in total. The fourth-order valence-corrected chi connectivity index (χ4v) is 2.50. The minimum absolute atomic E-state index is 0.0848. The van der Waals surface area contributed by atoms with E-state index in [4.69, 9.17) is 16.1 Å². The summed E-state index contributed by atoms with van der Waals surface area (Å²) in [6.45, 7) is 4.15. The van der Waals surface area contributed by atoms with Crippen molar-refractivity contribution in [1.82, 2.24) is 15.5 Å². The standard InChI is InChI=1S/C17H20ClN3O2/c1-3-10(2)14(19-16(22)12-4-5-12)17-20-15(21-23-17)11-6-8-13(18)9-7-11/h6-10,12,14H,3-5H2,1-2H3,(H,19,22)/t10-,14+/m1/s1. The van der Waals surface area contributed by atoms with Crippen LogP contribution in [0.15, 0.2) is 28.8 Å². The fraction of sp³-hybridized carbons (Fsp3) is 0.471. The molecule has 1 aromatic heterocycles. The van der Waals surface area contributed by atoms with Crippen LogP contribution in [0.4, 0.5) is 0 Å². The van der Waals surface area contributed by atoms with Crippen LogP contribution in [-0.2, 0) is 4.79 Å². The summed E-state index contributed by atoms with van der Waals surface area (Å²) >= 11 is 5.90. The number of hydrogen-bond donors (Lipinski definition) is 1. The summed E-state index contributed by atoms with van der Waals surface area (Å²) in [6.07, 6.45) is 2.85. The third-order valence-electron chi connectivity index (χ3n) is 4.27. The number of nitrogens with zero attached hydrogens (tertiary/aromatic N) is 2. The average molecular weight is 334 g/mol. The summed E-state index contributed by atoms with van der Waals surface area (Å²) in [5, 5.41) is 7.76. The van der Waals surface area contributed by atoms with Crippen molar-refractivity contribution in [2.24, 2.45) is 11.8 Å². The quantitative estimate of drug-likeness (QED) is 0.867. The second kappa shape index (κ2) is 6.71. The van der Waals surface area contributed by atoms with Crippen LogP contribution in [0, 0.1) is 11.8 Å². The van der Waals surface area contributed by atoms with E-state index in [1.807, 2.05) is 12.1 Å². The lowest BCUT2D eigenvalue weighted by Gasteiger charge is -2.20. The Morgan fingerprint density at radius 1 is 1.39 bits per heavy atom. The molecule has 1 heterocycles. The highest BCUT2D eigenvalue weighted by molar-refractivity contribution is 6.30. The van der Waals surface area contributed by atoms with Gasteiger partial charge in [0, 0.05) is 16.5 Å². The Hall–Kier alpha value is -1.88. The number of carbonyl (C=O) groups is 1. The molecule has 6 heteroatoms. The van der Waals surface area contributed by atoms with E-state index in [9.17, 15) is 4.79 Å². The molecule has 3 rings (SSSR count). The Bertz CT molecular complexity index is 679. The Balaban J connectivity index is 1.81. The molecular formula is C17H20ClN3O2. The highest BCUT2D eigenvalue weighted by Crippen LogP contribution is 2.32. The van der Waals surface area contributed by atoms with E-state index < -0.39 is 0 Å². The Labute approximate surface area is 140 Å². The van der Waals surface area contributed by atoms with E-state index in [-0.39, 0.29) is 23.8 Å². The number of nitrogens with one attached hydrogen (secondary N) is 1. The van der Waals surface area contributed by atoms with Gasteiger partial charge in [-0.15, -0.1) is 0 Å². The topological polar surface area (TPSA) is 68.0 Å². The first-order chi connectivity index (χ1) is 11.1. The third kappa shape index (κ3) is 3.72. The molecule has 2 aromatic rings. The highest BCUT2D eigenvalue weighted by Gasteiger charge is 2.34. The molecule has 1 amide bonds. The lowest BCUT2D eigenvalue weighted by molar-refractivity contribution is -0.123. The fourth-order valence-electron chi connectivity index (χ4n) is 2.38. The number of carbonyl (C=O) groups excluding carboxylic acids is 1. The van der Waals surface area contributed by atoms with Crippen molar-refractivity contribution in [3.8, 4) is 11.4 Å². The summed E-state index contributed by atoms with van der Waals surface area (Å²) in [6, 6.07) is 7.01. The van der Waals surface area contributed by atoms with Crippen LogP contribution in [0.25, 0.3) is 11.4 Å². The molecule has 1 saturated carbocycles. The molecule has 0 saturated heterocycles. The van der Waals surface area contributed by atoms with Gasteiger partial charge in [0.1, 0.15) is 6.04 Å².